The number of hydrogen-bond acceptors (Lipinski definition) is 1. The van der Waals surface area contributed by atoms with E-state index in [0.717, 1.165) is 6.42 Å². The highest BCUT2D eigenvalue weighted by Gasteiger charge is 2.75. The average Bonchev–Trinajstić information content (AvgIpc) is 2.78. The molecule has 3 aliphatic rings. The van der Waals surface area contributed by atoms with E-state index in [1.807, 2.05) is 0 Å². The lowest BCUT2D eigenvalue weighted by atomic mass is 9.59. The highest BCUT2D eigenvalue weighted by atomic mass is 16.3. The molecule has 3 rings (SSSR count). The molecule has 3 fully saturated rings. The largest absolute Gasteiger partial charge is 0.390 e. The van der Waals surface area contributed by atoms with Gasteiger partial charge in [-0.3, -0.25) is 0 Å². The summed E-state index contributed by atoms with van der Waals surface area (Å²) in [7, 11) is 0. The SMILES string of the molecule is CC1(C)CCC[C@@]1(C)[C@@]12CC[C@@](C)(O)[C@@H]1C2. The Hall–Kier alpha value is -0.0400. The first-order valence-electron chi connectivity index (χ1n) is 6.98. The van der Waals surface area contributed by atoms with Crippen molar-refractivity contribution in [3.63, 3.8) is 0 Å². The summed E-state index contributed by atoms with van der Waals surface area (Å²) in [6, 6.07) is 0. The quantitative estimate of drug-likeness (QED) is 0.716. The maximum absolute atomic E-state index is 10.4. The van der Waals surface area contributed by atoms with Crippen molar-refractivity contribution in [2.75, 3.05) is 0 Å². The molecule has 0 radical (unpaired) electrons. The van der Waals surface area contributed by atoms with Crippen LogP contribution in [-0.2, 0) is 0 Å². The van der Waals surface area contributed by atoms with E-state index in [1.165, 1.54) is 32.1 Å². The second-order valence-electron chi connectivity index (χ2n) is 7.84. The summed E-state index contributed by atoms with van der Waals surface area (Å²) in [4.78, 5) is 0. The van der Waals surface area contributed by atoms with Crippen molar-refractivity contribution in [2.45, 2.75) is 71.8 Å². The fourth-order valence-corrected chi connectivity index (χ4v) is 5.35. The first-order valence-corrected chi connectivity index (χ1v) is 6.98. The molecule has 1 nitrogen and oxygen atoms in total. The van der Waals surface area contributed by atoms with Crippen molar-refractivity contribution in [3.8, 4) is 0 Å². The third kappa shape index (κ3) is 1.02. The van der Waals surface area contributed by atoms with E-state index in [2.05, 4.69) is 27.7 Å². The van der Waals surface area contributed by atoms with Crippen molar-refractivity contribution in [1.29, 1.82) is 0 Å². The Bertz CT molecular complexity index is 330. The number of rotatable bonds is 1. The van der Waals surface area contributed by atoms with Crippen LogP contribution in [0, 0.1) is 22.2 Å². The van der Waals surface area contributed by atoms with E-state index < -0.39 is 0 Å². The fourth-order valence-electron chi connectivity index (χ4n) is 5.35. The Morgan fingerprint density at radius 3 is 2.00 bits per heavy atom. The van der Waals surface area contributed by atoms with Crippen LogP contribution in [0.3, 0.4) is 0 Å². The van der Waals surface area contributed by atoms with Crippen LogP contribution in [0.5, 0.6) is 0 Å². The molecule has 0 bridgehead atoms. The van der Waals surface area contributed by atoms with Crippen molar-refractivity contribution in [1.82, 2.24) is 0 Å². The van der Waals surface area contributed by atoms with Gasteiger partial charge in [-0.05, 0) is 61.2 Å². The minimum atomic E-state index is -0.359. The van der Waals surface area contributed by atoms with Gasteiger partial charge in [-0.25, -0.2) is 0 Å². The van der Waals surface area contributed by atoms with E-state index in [9.17, 15) is 5.11 Å². The highest BCUT2D eigenvalue weighted by molar-refractivity contribution is 5.24. The molecule has 0 aromatic heterocycles. The topological polar surface area (TPSA) is 20.2 Å². The fraction of sp³-hybridized carbons (Fsp3) is 1.00. The predicted molar refractivity (Wildman–Crippen MR) is 66.1 cm³/mol. The molecule has 0 amide bonds. The lowest BCUT2D eigenvalue weighted by Gasteiger charge is -2.45. The summed E-state index contributed by atoms with van der Waals surface area (Å²) in [5, 5.41) is 10.4. The number of hydrogen-bond donors (Lipinski definition) is 1. The van der Waals surface area contributed by atoms with E-state index >= 15 is 0 Å². The summed E-state index contributed by atoms with van der Waals surface area (Å²) in [5.74, 6) is 0.599. The van der Waals surface area contributed by atoms with Gasteiger partial charge in [0, 0.05) is 0 Å². The summed E-state index contributed by atoms with van der Waals surface area (Å²) in [5.41, 5.74) is 1.09. The zero-order valence-electron chi connectivity index (χ0n) is 11.3. The van der Waals surface area contributed by atoms with Gasteiger partial charge < -0.3 is 5.11 Å². The Morgan fingerprint density at radius 2 is 1.62 bits per heavy atom. The maximum Gasteiger partial charge on any atom is 0.0653 e. The van der Waals surface area contributed by atoms with Gasteiger partial charge in [0.25, 0.3) is 0 Å². The van der Waals surface area contributed by atoms with Gasteiger partial charge >= 0.3 is 0 Å². The van der Waals surface area contributed by atoms with Crippen LogP contribution in [0.4, 0.5) is 0 Å². The molecule has 0 aliphatic heterocycles. The highest BCUT2D eigenvalue weighted by Crippen LogP contribution is 2.80. The monoisotopic (exact) mass is 222 g/mol. The molecule has 0 unspecified atom stereocenters. The summed E-state index contributed by atoms with van der Waals surface area (Å²) < 4.78 is 0. The van der Waals surface area contributed by atoms with Gasteiger partial charge in [0.05, 0.1) is 5.60 Å². The third-order valence-electron chi connectivity index (χ3n) is 6.97. The zero-order chi connectivity index (χ0) is 11.8. The first kappa shape index (κ1) is 11.1. The van der Waals surface area contributed by atoms with E-state index in [-0.39, 0.29) is 5.60 Å². The van der Waals surface area contributed by atoms with Crippen molar-refractivity contribution < 1.29 is 5.11 Å². The van der Waals surface area contributed by atoms with Crippen LogP contribution in [0.15, 0.2) is 0 Å². The van der Waals surface area contributed by atoms with E-state index in [0.29, 0.717) is 22.2 Å². The molecule has 0 spiro atoms. The molecule has 0 aromatic rings. The van der Waals surface area contributed by atoms with Crippen LogP contribution in [0.25, 0.3) is 0 Å². The van der Waals surface area contributed by atoms with Gasteiger partial charge in [-0.15, -0.1) is 0 Å². The predicted octanol–water partition coefficient (Wildman–Crippen LogP) is 3.75. The van der Waals surface area contributed by atoms with Crippen molar-refractivity contribution >= 4 is 0 Å². The third-order valence-corrected chi connectivity index (χ3v) is 6.97. The van der Waals surface area contributed by atoms with Crippen LogP contribution in [-0.4, -0.2) is 10.7 Å². The average molecular weight is 222 g/mol. The second kappa shape index (κ2) is 2.68. The molecule has 3 saturated carbocycles. The molecule has 0 heterocycles. The Morgan fingerprint density at radius 1 is 0.938 bits per heavy atom. The van der Waals surface area contributed by atoms with Gasteiger partial charge in [-0.1, -0.05) is 27.2 Å². The normalized spacial score (nSPS) is 58.7. The number of fused-ring (bicyclic) bond motifs is 1. The molecule has 0 saturated heterocycles. The second-order valence-corrected chi connectivity index (χ2v) is 7.84. The lowest BCUT2D eigenvalue weighted by Crippen LogP contribution is -2.39. The molecule has 4 atom stereocenters. The zero-order valence-corrected chi connectivity index (χ0v) is 11.3. The smallest absolute Gasteiger partial charge is 0.0653 e. The van der Waals surface area contributed by atoms with E-state index in [1.54, 1.807) is 0 Å². The number of aliphatic hydroxyl groups is 1. The van der Waals surface area contributed by atoms with E-state index in [4.69, 9.17) is 0 Å². The molecule has 1 N–H and O–H groups in total. The minimum absolute atomic E-state index is 0.359. The maximum atomic E-state index is 10.4. The Balaban J connectivity index is 1.96. The van der Waals surface area contributed by atoms with Crippen LogP contribution < -0.4 is 0 Å². The Kier molecular flexibility index (Phi) is 1.86. The molecule has 1 heteroatoms. The molecule has 0 aromatic carbocycles. The summed E-state index contributed by atoms with van der Waals surface area (Å²) in [6.45, 7) is 9.49. The molecule has 3 aliphatic carbocycles. The van der Waals surface area contributed by atoms with Crippen LogP contribution >= 0.6 is 0 Å². The molecular formula is C15H26O. The first-order chi connectivity index (χ1) is 7.25. The molecule has 92 valence electrons. The summed E-state index contributed by atoms with van der Waals surface area (Å²) >= 11 is 0. The van der Waals surface area contributed by atoms with Crippen LogP contribution in [0.2, 0.25) is 0 Å². The minimum Gasteiger partial charge on any atom is -0.390 e. The van der Waals surface area contributed by atoms with Crippen molar-refractivity contribution in [3.05, 3.63) is 0 Å². The molecule has 16 heavy (non-hydrogen) atoms. The van der Waals surface area contributed by atoms with Crippen molar-refractivity contribution in [2.24, 2.45) is 22.2 Å². The Labute approximate surface area is 99.6 Å². The van der Waals surface area contributed by atoms with Gasteiger partial charge in [0.1, 0.15) is 0 Å². The summed E-state index contributed by atoms with van der Waals surface area (Å²) in [6.07, 6.45) is 7.74. The van der Waals surface area contributed by atoms with Crippen LogP contribution in [0.1, 0.15) is 66.2 Å². The van der Waals surface area contributed by atoms with Gasteiger partial charge in [0.2, 0.25) is 0 Å². The lowest BCUT2D eigenvalue weighted by molar-refractivity contribution is 0.0142. The van der Waals surface area contributed by atoms with Gasteiger partial charge in [0.15, 0.2) is 0 Å². The standard InChI is InChI=1S/C15H26O/c1-12(2)6-5-7-14(12,4)15-9-8-13(3,16)11(15)10-15/h11,16H,5-10H2,1-4H3/t11-,13+,14+,15+/m0/s1. The van der Waals surface area contributed by atoms with Gasteiger partial charge in [-0.2, -0.15) is 0 Å². The molecular weight excluding hydrogens is 196 g/mol.